The van der Waals surface area contributed by atoms with Crippen molar-refractivity contribution in [1.82, 2.24) is 4.90 Å². The van der Waals surface area contributed by atoms with Crippen molar-refractivity contribution < 1.29 is 9.90 Å². The van der Waals surface area contributed by atoms with Crippen LogP contribution < -0.4 is 0 Å². The van der Waals surface area contributed by atoms with Crippen molar-refractivity contribution in [2.45, 2.75) is 24.0 Å². The zero-order chi connectivity index (χ0) is 14.5. The number of likely N-dealkylation sites (tertiary alicyclic amines) is 1. The number of β-lactam (4-membered cyclic amide) rings is 1. The van der Waals surface area contributed by atoms with Gasteiger partial charge in [-0.05, 0) is 36.1 Å². The minimum Gasteiger partial charge on any atom is -0.392 e. The molecule has 20 heavy (non-hydrogen) atoms. The quantitative estimate of drug-likeness (QED) is 0.399. The lowest BCUT2D eigenvalue weighted by atomic mass is 9.84. The summed E-state index contributed by atoms with van der Waals surface area (Å²) in [5.41, 5.74) is 0. The van der Waals surface area contributed by atoms with Gasteiger partial charge in [-0.1, -0.05) is 30.2 Å². The highest BCUT2D eigenvalue weighted by Crippen LogP contribution is 2.29. The minimum absolute atomic E-state index is 0.0519. The van der Waals surface area contributed by atoms with E-state index in [9.17, 15) is 9.90 Å². The van der Waals surface area contributed by atoms with Gasteiger partial charge in [0.25, 0.3) is 0 Å². The van der Waals surface area contributed by atoms with Crippen LogP contribution in [0.2, 0.25) is 0 Å². The Morgan fingerprint density at radius 3 is 2.80 bits per heavy atom. The Balaban J connectivity index is 2.05. The third-order valence-corrected chi connectivity index (χ3v) is 3.94. The number of hydrogen-bond acceptors (Lipinski definition) is 3. The first kappa shape index (κ1) is 14.7. The van der Waals surface area contributed by atoms with E-state index in [1.807, 2.05) is 30.3 Å². The molecule has 104 valence electrons. The summed E-state index contributed by atoms with van der Waals surface area (Å²) >= 11 is 1.43. The Hall–Kier alpha value is -1.70. The highest BCUT2D eigenvalue weighted by atomic mass is 32.2. The smallest absolute Gasteiger partial charge is 0.232 e. The summed E-state index contributed by atoms with van der Waals surface area (Å²) in [5, 5.41) is 12.7. The second-order valence-electron chi connectivity index (χ2n) is 4.65. The molecule has 0 unspecified atom stereocenters. The van der Waals surface area contributed by atoms with Crippen LogP contribution in [0.4, 0.5) is 0 Å². The van der Waals surface area contributed by atoms with E-state index in [1.54, 1.807) is 17.9 Å². The number of carbonyl (C=O) groups excluding carboxylic acids is 1. The van der Waals surface area contributed by atoms with Crippen LogP contribution in [0.1, 0.15) is 6.92 Å². The molecule has 2 rings (SSSR count). The van der Waals surface area contributed by atoms with Crippen molar-refractivity contribution in [3.05, 3.63) is 43.0 Å². The van der Waals surface area contributed by atoms with Crippen molar-refractivity contribution >= 4 is 17.7 Å². The van der Waals surface area contributed by atoms with Crippen LogP contribution in [0, 0.1) is 17.1 Å². The Morgan fingerprint density at radius 2 is 2.20 bits per heavy atom. The predicted octanol–water partition coefficient (Wildman–Crippen LogP) is 2.13. The Labute approximate surface area is 123 Å². The van der Waals surface area contributed by atoms with Crippen molar-refractivity contribution in [3.63, 3.8) is 0 Å². The van der Waals surface area contributed by atoms with Crippen molar-refractivity contribution in [2.24, 2.45) is 5.92 Å². The number of carbonyl (C=O) groups is 1. The second kappa shape index (κ2) is 6.65. The van der Waals surface area contributed by atoms with Crippen LogP contribution in [0.3, 0.4) is 0 Å². The summed E-state index contributed by atoms with van der Waals surface area (Å²) in [6.45, 7) is 5.74. The van der Waals surface area contributed by atoms with Crippen LogP contribution in [0.15, 0.2) is 47.9 Å². The fourth-order valence-corrected chi connectivity index (χ4v) is 2.78. The molecule has 0 saturated carbocycles. The predicted molar refractivity (Wildman–Crippen MR) is 80.9 cm³/mol. The highest BCUT2D eigenvalue weighted by molar-refractivity contribution is 8.03. The summed E-state index contributed by atoms with van der Waals surface area (Å²) < 4.78 is 0. The lowest BCUT2D eigenvalue weighted by Crippen LogP contribution is -2.63. The van der Waals surface area contributed by atoms with Crippen molar-refractivity contribution in [1.29, 1.82) is 0 Å². The third kappa shape index (κ3) is 3.06. The third-order valence-electron chi connectivity index (χ3n) is 3.21. The van der Waals surface area contributed by atoms with Gasteiger partial charge in [0.15, 0.2) is 0 Å². The van der Waals surface area contributed by atoms with Crippen molar-refractivity contribution in [3.8, 4) is 11.2 Å². The summed E-state index contributed by atoms with van der Waals surface area (Å²) in [7, 11) is 0. The number of rotatable bonds is 4. The van der Waals surface area contributed by atoms with Crippen LogP contribution >= 0.6 is 11.8 Å². The van der Waals surface area contributed by atoms with Crippen molar-refractivity contribution in [2.75, 3.05) is 6.54 Å². The molecule has 1 aliphatic rings. The van der Waals surface area contributed by atoms with Crippen LogP contribution in [0.25, 0.3) is 0 Å². The van der Waals surface area contributed by atoms with Gasteiger partial charge in [-0.2, -0.15) is 0 Å². The van der Waals surface area contributed by atoms with E-state index in [0.717, 1.165) is 4.90 Å². The number of benzene rings is 1. The van der Waals surface area contributed by atoms with E-state index in [0.29, 0.717) is 6.54 Å². The molecule has 3 nitrogen and oxygen atoms in total. The van der Waals surface area contributed by atoms with Gasteiger partial charge in [-0.15, -0.1) is 6.58 Å². The lowest BCUT2D eigenvalue weighted by Gasteiger charge is -2.45. The molecular weight excluding hydrogens is 270 g/mol. The fraction of sp³-hybridized carbons (Fsp3) is 0.312. The maximum absolute atomic E-state index is 11.9. The van der Waals surface area contributed by atoms with Gasteiger partial charge in [0, 0.05) is 11.4 Å². The molecule has 3 atom stereocenters. The molecule has 4 heteroatoms. The van der Waals surface area contributed by atoms with Gasteiger partial charge < -0.3 is 10.0 Å². The Bertz CT molecular complexity index is 545. The Morgan fingerprint density at radius 1 is 1.50 bits per heavy atom. The first-order valence-electron chi connectivity index (χ1n) is 6.47. The molecule has 1 saturated heterocycles. The number of aliphatic hydroxyl groups excluding tert-OH is 1. The van der Waals surface area contributed by atoms with E-state index >= 15 is 0 Å². The van der Waals surface area contributed by atoms with Crippen LogP contribution in [0.5, 0.6) is 0 Å². The second-order valence-corrected chi connectivity index (χ2v) is 5.53. The van der Waals surface area contributed by atoms with E-state index in [-0.39, 0.29) is 11.9 Å². The molecule has 0 aromatic heterocycles. The molecule has 1 aliphatic heterocycles. The first-order chi connectivity index (χ1) is 9.65. The zero-order valence-corrected chi connectivity index (χ0v) is 12.1. The van der Waals surface area contributed by atoms with Gasteiger partial charge >= 0.3 is 0 Å². The van der Waals surface area contributed by atoms with Gasteiger partial charge in [-0.3, -0.25) is 4.79 Å². The molecule has 1 amide bonds. The number of hydrogen-bond donors (Lipinski definition) is 1. The maximum Gasteiger partial charge on any atom is 0.232 e. The largest absolute Gasteiger partial charge is 0.392 e. The van der Waals surface area contributed by atoms with Gasteiger partial charge in [0.1, 0.15) is 6.04 Å². The number of nitrogens with zero attached hydrogens (tertiary/aromatic N) is 1. The molecular formula is C16H17NO2S. The molecule has 0 bridgehead atoms. The topological polar surface area (TPSA) is 40.5 Å². The van der Waals surface area contributed by atoms with E-state index in [4.69, 9.17) is 0 Å². The fourth-order valence-electron chi connectivity index (χ4n) is 2.19. The molecule has 0 radical (unpaired) electrons. The summed E-state index contributed by atoms with van der Waals surface area (Å²) in [4.78, 5) is 14.6. The van der Waals surface area contributed by atoms with E-state index in [1.165, 1.54) is 11.8 Å². The van der Waals surface area contributed by atoms with Gasteiger partial charge in [0.05, 0.1) is 12.0 Å². The summed E-state index contributed by atoms with van der Waals surface area (Å²) in [5.74, 6) is 2.60. The van der Waals surface area contributed by atoms with Crippen LogP contribution in [-0.2, 0) is 4.79 Å². The average molecular weight is 287 g/mol. The number of aliphatic hydroxyl groups is 1. The summed E-state index contributed by atoms with van der Waals surface area (Å²) in [6.07, 6.45) is 0.999. The summed E-state index contributed by atoms with van der Waals surface area (Å²) in [6, 6.07) is 9.62. The van der Waals surface area contributed by atoms with Gasteiger partial charge in [-0.25, -0.2) is 0 Å². The molecule has 1 aromatic carbocycles. The normalized spacial score (nSPS) is 22.5. The van der Waals surface area contributed by atoms with E-state index in [2.05, 4.69) is 17.8 Å². The average Bonchev–Trinajstić information content (AvgIpc) is 2.44. The zero-order valence-electron chi connectivity index (χ0n) is 11.3. The van der Waals surface area contributed by atoms with E-state index < -0.39 is 12.0 Å². The molecule has 1 heterocycles. The molecule has 0 spiro atoms. The van der Waals surface area contributed by atoms with Gasteiger partial charge in [0.2, 0.25) is 5.91 Å². The number of amides is 1. The standard InChI is InChI=1S/C16H17NO2S/c1-3-10-17-14(15(12(2)18)16(17)19)9-11-20-13-7-5-4-6-8-13/h3-8,12,14-15,18H,1,10H2,2H3/t12-,14-,15-/m0/s1. The number of thioether (sulfide) groups is 1. The SMILES string of the molecule is C=CCN1C(=O)[C@@H]([C@H](C)O)[C@@H]1C#CSc1ccccc1. The van der Waals surface area contributed by atoms with Crippen LogP contribution in [-0.4, -0.2) is 34.6 Å². The molecule has 0 aliphatic carbocycles. The monoisotopic (exact) mass is 287 g/mol. The Kier molecular flexibility index (Phi) is 4.89. The molecule has 1 fully saturated rings. The first-order valence-corrected chi connectivity index (χ1v) is 7.28. The molecule has 1 aromatic rings. The maximum atomic E-state index is 11.9. The lowest BCUT2D eigenvalue weighted by molar-refractivity contribution is -0.157. The highest BCUT2D eigenvalue weighted by Gasteiger charge is 2.48. The molecule has 1 N–H and O–H groups in total. The minimum atomic E-state index is -0.676.